The van der Waals surface area contributed by atoms with Crippen LogP contribution in [0, 0.1) is 11.8 Å². The molecule has 42 aliphatic rings. The van der Waals surface area contributed by atoms with Crippen LogP contribution in [0.15, 0.2) is 387 Å². The molecular weight excluding hydrogens is 1560 g/mol. The lowest BCUT2D eigenvalue weighted by molar-refractivity contribution is 0.0175. The third-order valence-corrected chi connectivity index (χ3v) is 29.5. The van der Waals surface area contributed by atoms with Crippen LogP contribution in [0.2, 0.25) is 0 Å². The Morgan fingerprint density at radius 3 is 0.421 bits per heavy atom. The fourth-order valence-corrected chi connectivity index (χ4v) is 21.3. The first-order valence-corrected chi connectivity index (χ1v) is 43.5. The Balaban J connectivity index is 0.689. The van der Waals surface area contributed by atoms with Crippen LogP contribution in [0.5, 0.6) is 0 Å². The quantitative estimate of drug-likeness (QED) is 0.0967. The highest BCUT2D eigenvalue weighted by Gasteiger charge is 2.51. The summed E-state index contributed by atoms with van der Waals surface area (Å²) < 4.78 is 79.4. The molecule has 1 fully saturated rings. The Hall–Kier alpha value is -11.4. The Morgan fingerprint density at radius 2 is 0.278 bits per heavy atom. The van der Waals surface area contributed by atoms with Crippen LogP contribution in [0.25, 0.3) is 44.5 Å². The Morgan fingerprint density at radius 1 is 0.151 bits per heavy atom. The molecule has 12 heteroatoms. The van der Waals surface area contributed by atoms with Crippen LogP contribution in [-0.2, 0) is 124 Å². The van der Waals surface area contributed by atoms with Gasteiger partial charge in [0.15, 0.2) is 0 Å². The van der Waals surface area contributed by atoms with Gasteiger partial charge in [-0.15, -0.1) is 0 Å². The van der Waals surface area contributed by atoms with E-state index in [2.05, 4.69) is 376 Å². The van der Waals surface area contributed by atoms with Gasteiger partial charge in [0, 0.05) is 85.3 Å². The maximum atomic E-state index is 7.14. The molecule has 10 aromatic rings. The van der Waals surface area contributed by atoms with Crippen molar-refractivity contribution in [1.29, 1.82) is 0 Å². The highest BCUT2D eigenvalue weighted by molar-refractivity contribution is 5.71. The van der Waals surface area contributed by atoms with Gasteiger partial charge in [-0.1, -0.05) is 243 Å². The molecule has 0 radical (unpaired) electrons. The predicted octanol–water partition coefficient (Wildman–Crippen LogP) is 23.3. The SMILES string of the molecule is COC12C=CC(OC)(C=C1)c1ccc(cc1)C1(OC)C=CC(OC)(C=C1)c1ccc(cc1)-c1ccc(cc1)C1(OC)C=CC(OC)(C=C1C1CCC(C3=CC4(OC)C=CC3(OC)c3ccc(cc3)-c3ccc(cc3)C3(OC)C=CC(OC)(C=C3)c3ccc(cc3)C3(OC)C=CC(OC)(C=C3)c3ccc(cc3)-c3ccc4cc3)CC1)c1ccc(cc1)-c1ccc2cc1. The molecule has 1 saturated carbocycles. The molecule has 0 saturated heterocycles. The summed E-state index contributed by atoms with van der Waals surface area (Å²) >= 11 is 0. The average Bonchev–Trinajstić information content (AvgIpc) is 0.728. The van der Waals surface area contributed by atoms with Gasteiger partial charge in [0.2, 0.25) is 0 Å². The van der Waals surface area contributed by atoms with E-state index in [4.69, 9.17) is 56.8 Å². The van der Waals surface area contributed by atoms with Gasteiger partial charge >= 0.3 is 0 Å². The maximum absolute atomic E-state index is 7.14. The minimum atomic E-state index is -0.982. The molecule has 42 aliphatic carbocycles. The lowest BCUT2D eigenvalue weighted by Gasteiger charge is -2.47. The van der Waals surface area contributed by atoms with Crippen LogP contribution in [-0.4, -0.2) is 85.3 Å². The van der Waals surface area contributed by atoms with Crippen LogP contribution >= 0.6 is 0 Å². The first kappa shape index (κ1) is 84.1. The molecule has 4 atom stereocenters. The molecule has 12 nitrogen and oxygen atoms in total. The summed E-state index contributed by atoms with van der Waals surface area (Å²) in [6.45, 7) is 0. The third kappa shape index (κ3) is 13.5. The number of methoxy groups -OCH3 is 12. The Labute approximate surface area is 741 Å². The van der Waals surface area contributed by atoms with Crippen molar-refractivity contribution >= 4 is 0 Å². The predicted molar refractivity (Wildman–Crippen MR) is 498 cm³/mol. The van der Waals surface area contributed by atoms with E-state index in [9.17, 15) is 0 Å². The fraction of sp³-hybridized carbons (Fsp3) is 0.263. The number of hydrogen-bond acceptors (Lipinski definition) is 12. The first-order chi connectivity index (χ1) is 61.3. The summed E-state index contributed by atoms with van der Waals surface area (Å²) in [4.78, 5) is 0. The minimum Gasteiger partial charge on any atom is -0.365 e. The van der Waals surface area contributed by atoms with Gasteiger partial charge in [0.05, 0.1) is 0 Å². The van der Waals surface area contributed by atoms with Gasteiger partial charge in [0.25, 0.3) is 0 Å². The van der Waals surface area contributed by atoms with Crippen molar-refractivity contribution in [1.82, 2.24) is 0 Å². The lowest BCUT2D eigenvalue weighted by atomic mass is 9.63. The Kier molecular flexibility index (Phi) is 21.7. The largest absolute Gasteiger partial charge is 0.365 e. The monoisotopic (exact) mass is 1670 g/mol. The first-order valence-electron chi connectivity index (χ1n) is 43.5. The zero-order valence-electron chi connectivity index (χ0n) is 73.7. The summed E-state index contributed by atoms with van der Waals surface area (Å²) in [7, 11) is 21.3. The summed E-state index contributed by atoms with van der Waals surface area (Å²) in [5.74, 6) is 0.0868. The smallest absolute Gasteiger partial charge is 0.133 e. The van der Waals surface area contributed by atoms with Crippen molar-refractivity contribution in [3.05, 3.63) is 454 Å². The van der Waals surface area contributed by atoms with Crippen LogP contribution in [0.3, 0.4) is 0 Å². The van der Waals surface area contributed by atoms with E-state index >= 15 is 0 Å². The van der Waals surface area contributed by atoms with Crippen molar-refractivity contribution in [2.75, 3.05) is 85.3 Å². The van der Waals surface area contributed by atoms with Gasteiger partial charge in [0.1, 0.15) is 67.2 Å². The Bertz CT molecular complexity index is 5680. The van der Waals surface area contributed by atoms with E-state index in [0.29, 0.717) is 0 Å². The zero-order chi connectivity index (χ0) is 87.0. The van der Waals surface area contributed by atoms with Crippen LogP contribution in [0.4, 0.5) is 0 Å². The number of rotatable bonds is 14. The van der Waals surface area contributed by atoms with Crippen molar-refractivity contribution in [3.8, 4) is 44.5 Å². The second kappa shape index (κ2) is 32.5. The van der Waals surface area contributed by atoms with Crippen LogP contribution in [0.1, 0.15) is 92.4 Å². The maximum Gasteiger partial charge on any atom is 0.133 e. The molecule has 126 heavy (non-hydrogen) atoms. The molecular formula is C114H108O12. The molecule has 0 aliphatic heterocycles. The minimum absolute atomic E-state index is 0.0434. The van der Waals surface area contributed by atoms with Crippen LogP contribution < -0.4 is 0 Å². The van der Waals surface area contributed by atoms with Crippen molar-refractivity contribution in [3.63, 3.8) is 0 Å². The standard InChI is InChI=1S/C114H108O12/c1-115-103-57-65-107(119-5,66-58-103)93-49-53-95(54-50-93)109(121-7)69-61-105(117-3,62-70-109)91-37-21-81(22-38-91)85-29-45-99(46-30-85)113(125-11)75-73-111(123-9,97-41-25-83(26-42-97)79-17-33-89(103)34-18-79)77-101(113)87-13-15-88(16-14-87)102-78-112(124-10)74-76-114(102,126-12)100-47-31-86(32-48-100)82-23-39-92(40-24-82)106(118-4)63-71-110(122-8,72-64-106)96-55-51-94(52-56-96)108(120-6)67-59-104(116-2,60-68-108)90-35-19-80(20-36-90)84-27-43-98(112)44-28-84/h17-78,87-88H,13-16H2,1-12H3. The highest BCUT2D eigenvalue weighted by atomic mass is 16.5. The van der Waals surface area contributed by atoms with E-state index in [1.165, 1.54) is 0 Å². The molecule has 0 N–H and O–H groups in total. The lowest BCUT2D eigenvalue weighted by Crippen LogP contribution is -2.42. The fourth-order valence-electron chi connectivity index (χ4n) is 21.3. The van der Waals surface area contributed by atoms with Crippen molar-refractivity contribution < 1.29 is 56.8 Å². The topological polar surface area (TPSA) is 111 Å². The molecule has 4 unspecified atom stereocenters. The average molecular weight is 1670 g/mol. The van der Waals surface area contributed by atoms with Gasteiger partial charge < -0.3 is 56.8 Å². The molecule has 0 spiro atoms. The second-order valence-electron chi connectivity index (χ2n) is 34.7. The van der Waals surface area contributed by atoms with E-state index in [-0.39, 0.29) is 11.8 Å². The van der Waals surface area contributed by atoms with Gasteiger partial charge in [-0.25, -0.2) is 0 Å². The number of benzene rings is 10. The van der Waals surface area contributed by atoms with Crippen molar-refractivity contribution in [2.45, 2.75) is 92.9 Å². The molecule has 0 aromatic heterocycles. The number of ether oxygens (including phenoxy) is 12. The summed E-state index contributed by atoms with van der Waals surface area (Å²) in [6.07, 6.45) is 50.6. The summed E-state index contributed by atoms with van der Waals surface area (Å²) in [5.41, 5.74) is 11.9. The molecule has 32 bridgehead atoms. The van der Waals surface area contributed by atoms with Gasteiger partial charge in [-0.2, -0.15) is 0 Å². The highest BCUT2D eigenvalue weighted by Crippen LogP contribution is 2.57. The summed E-state index contributed by atoms with van der Waals surface area (Å²) in [6, 6.07) is 87.0. The van der Waals surface area contributed by atoms with E-state index in [0.717, 1.165) is 148 Å². The summed E-state index contributed by atoms with van der Waals surface area (Å²) in [5, 5.41) is 0. The zero-order valence-corrected chi connectivity index (χ0v) is 73.7. The molecule has 10 aromatic carbocycles. The molecule has 52 rings (SSSR count). The van der Waals surface area contributed by atoms with E-state index in [1.807, 2.05) is 28.4 Å². The molecule has 0 amide bonds. The molecule has 0 heterocycles. The normalized spacial score (nSPS) is 31.0. The van der Waals surface area contributed by atoms with Gasteiger partial charge in [-0.05, 0) is 294 Å². The van der Waals surface area contributed by atoms with Crippen molar-refractivity contribution in [2.24, 2.45) is 11.8 Å². The van der Waals surface area contributed by atoms with E-state index < -0.39 is 67.2 Å². The molecule has 636 valence electrons. The third-order valence-electron chi connectivity index (χ3n) is 29.5. The van der Waals surface area contributed by atoms with Gasteiger partial charge in [-0.3, -0.25) is 0 Å². The second-order valence-corrected chi connectivity index (χ2v) is 34.7. The number of hydrogen-bond donors (Lipinski definition) is 0. The van der Waals surface area contributed by atoms with E-state index in [1.54, 1.807) is 56.9 Å².